The predicted octanol–water partition coefficient (Wildman–Crippen LogP) is 9.71. The Labute approximate surface area is 436 Å². The Morgan fingerprint density at radius 2 is 0.973 bits per heavy atom. The zero-order valence-electron chi connectivity index (χ0n) is 41.8. The van der Waals surface area contributed by atoms with Crippen LogP contribution in [0.4, 0.5) is 0 Å². The maximum absolute atomic E-state index is 10.6. The van der Waals surface area contributed by atoms with E-state index in [2.05, 4.69) is 94.6 Å². The molecule has 0 bridgehead atoms. The molecule has 16 nitrogen and oxygen atoms in total. The molecular weight excluding hydrogens is 985 g/mol. The van der Waals surface area contributed by atoms with Gasteiger partial charge in [0, 0.05) is 68.8 Å². The Morgan fingerprint density at radius 1 is 0.581 bits per heavy atom. The number of piperidine rings is 2. The lowest BCUT2D eigenvalue weighted by Crippen LogP contribution is -2.45. The smallest absolute Gasteiger partial charge is 0.414 e. The van der Waals surface area contributed by atoms with Gasteiger partial charge in [0.25, 0.3) is 0 Å². The summed E-state index contributed by atoms with van der Waals surface area (Å²) in [5.41, 5.74) is 7.79. The standard InChI is InChI=1S/2C26H30N2O2S.2C2H2O4/c2*1-17-16-31-26-7-6-19(13-23(17)26)20-9-11-28(18(2)12-20)14-21(29)15-30-25-5-3-4-24-22(25)8-10-27-24;2*3-1(4)2(5)6/h2*3-8,10,13,16,18,20-21,27,29H,9,11-12,14-15H2,1-2H3;2*(H,3,4)(H,5,6)/t18-,20+,21+;18-,20+,21-;;/m10../s1. The van der Waals surface area contributed by atoms with Crippen LogP contribution in [0, 0.1) is 13.8 Å². The first kappa shape index (κ1) is 55.0. The molecule has 8 N–H and O–H groups in total. The van der Waals surface area contributed by atoms with Gasteiger partial charge in [0.1, 0.15) is 36.9 Å². The van der Waals surface area contributed by atoms with Crippen LogP contribution < -0.4 is 9.47 Å². The van der Waals surface area contributed by atoms with Crippen LogP contribution in [0.25, 0.3) is 42.0 Å². The fraction of sp³-hybridized carbons (Fsp3) is 0.357. The molecule has 74 heavy (non-hydrogen) atoms. The largest absolute Gasteiger partial charge is 0.490 e. The van der Waals surface area contributed by atoms with Crippen molar-refractivity contribution in [3.63, 3.8) is 0 Å². The van der Waals surface area contributed by atoms with Crippen molar-refractivity contribution in [3.05, 3.63) is 130 Å². The SMILES string of the molecule is Cc1csc2ccc([C@@H]3CCN(C[C@H](O)COc4cccc5[nH]ccc45)[C@@H](C)C3)cc12.Cc1csc2ccc([C@H]3CCN(C[C@H](O)COc4cccc5[nH]ccc45)[C@H](C)C3)cc12.O=C(O)C(=O)O.O=C(O)C(=O)O. The number of carboxylic acid groups (broad SMARTS) is 4. The number of hydrogen-bond donors (Lipinski definition) is 8. The van der Waals surface area contributed by atoms with Crippen LogP contribution in [0.15, 0.2) is 108 Å². The molecule has 0 saturated carbocycles. The van der Waals surface area contributed by atoms with Crippen molar-refractivity contribution >= 4 is 88.5 Å². The Morgan fingerprint density at radius 3 is 1.34 bits per heavy atom. The lowest BCUT2D eigenvalue weighted by Gasteiger charge is -2.38. The number of aliphatic hydroxyl groups excluding tert-OH is 2. The van der Waals surface area contributed by atoms with Crippen LogP contribution in [0.3, 0.4) is 0 Å². The van der Waals surface area contributed by atoms with Gasteiger partial charge < -0.3 is 50.1 Å². The van der Waals surface area contributed by atoms with E-state index >= 15 is 0 Å². The molecule has 0 spiro atoms. The third-order valence-electron chi connectivity index (χ3n) is 13.8. The summed E-state index contributed by atoms with van der Waals surface area (Å²) in [6.07, 6.45) is 7.35. The van der Waals surface area contributed by atoms with Crippen molar-refractivity contribution in [1.29, 1.82) is 0 Å². The highest BCUT2D eigenvalue weighted by Gasteiger charge is 2.30. The van der Waals surface area contributed by atoms with E-state index in [-0.39, 0.29) is 0 Å². The highest BCUT2D eigenvalue weighted by Crippen LogP contribution is 2.37. The molecular formula is C56H64N4O12S2. The number of aryl methyl sites for hydroxylation is 2. The molecule has 0 radical (unpaired) electrons. The first-order chi connectivity index (χ1) is 35.4. The van der Waals surface area contributed by atoms with E-state index in [4.69, 9.17) is 49.1 Å². The zero-order chi connectivity index (χ0) is 53.1. The van der Waals surface area contributed by atoms with E-state index in [1.165, 1.54) is 42.4 Å². The fourth-order valence-electron chi connectivity index (χ4n) is 9.83. The molecule has 0 amide bonds. The lowest BCUT2D eigenvalue weighted by molar-refractivity contribution is -0.159. The summed E-state index contributed by atoms with van der Waals surface area (Å²) in [6.45, 7) is 12.9. The normalized spacial score (nSPS) is 18.8. The quantitative estimate of drug-likeness (QED) is 0.0531. The molecule has 2 fully saturated rings. The minimum atomic E-state index is -1.82. The molecule has 10 rings (SSSR count). The summed E-state index contributed by atoms with van der Waals surface area (Å²) in [4.78, 5) is 47.6. The van der Waals surface area contributed by atoms with Crippen LogP contribution >= 0.6 is 22.7 Å². The van der Waals surface area contributed by atoms with E-state index in [1.807, 2.05) is 83.6 Å². The zero-order valence-corrected chi connectivity index (χ0v) is 43.4. The topological polar surface area (TPSA) is 246 Å². The van der Waals surface area contributed by atoms with Gasteiger partial charge in [-0.1, -0.05) is 24.3 Å². The summed E-state index contributed by atoms with van der Waals surface area (Å²) < 4.78 is 14.7. The fourth-order valence-corrected chi connectivity index (χ4v) is 11.7. The second-order valence-corrected chi connectivity index (χ2v) is 20.8. The first-order valence-electron chi connectivity index (χ1n) is 24.6. The lowest BCUT2D eigenvalue weighted by atomic mass is 9.85. The number of carboxylic acids is 4. The van der Waals surface area contributed by atoms with Crippen molar-refractivity contribution in [1.82, 2.24) is 19.8 Å². The molecule has 2 saturated heterocycles. The molecule has 2 aliphatic heterocycles. The van der Waals surface area contributed by atoms with Gasteiger partial charge in [-0.15, -0.1) is 22.7 Å². The van der Waals surface area contributed by atoms with E-state index in [9.17, 15) is 10.2 Å². The van der Waals surface area contributed by atoms with Crippen LogP contribution in [0.1, 0.15) is 73.6 Å². The highest BCUT2D eigenvalue weighted by molar-refractivity contribution is 7.17. The summed E-state index contributed by atoms with van der Waals surface area (Å²) in [5.74, 6) is -4.47. The number of thiophene rings is 2. The molecule has 6 atom stereocenters. The number of aliphatic hydroxyl groups is 2. The Hall–Kier alpha value is -6.80. The Bertz CT molecular complexity index is 2950. The number of carbonyl (C=O) groups is 4. The molecule has 6 heterocycles. The summed E-state index contributed by atoms with van der Waals surface area (Å²) >= 11 is 3.66. The number of benzene rings is 4. The van der Waals surface area contributed by atoms with Crippen molar-refractivity contribution in [2.45, 2.75) is 89.5 Å². The van der Waals surface area contributed by atoms with Gasteiger partial charge in [-0.3, -0.25) is 9.80 Å². The Balaban J connectivity index is 0.000000177. The van der Waals surface area contributed by atoms with Crippen molar-refractivity contribution in [2.24, 2.45) is 0 Å². The molecule has 2 aliphatic rings. The average Bonchev–Trinajstić information content (AvgIpc) is 4.22. The second kappa shape index (κ2) is 25.4. The number of β-amino-alcohol motifs (C(OH)–C–C–N with tert-alkyl or cyclic N) is 2. The number of ether oxygens (including phenoxy) is 2. The highest BCUT2D eigenvalue weighted by atomic mass is 32.1. The van der Waals surface area contributed by atoms with Gasteiger partial charge >= 0.3 is 23.9 Å². The molecule has 0 unspecified atom stereocenters. The average molecular weight is 1050 g/mol. The number of aromatic amines is 2. The monoisotopic (exact) mass is 1050 g/mol. The van der Waals surface area contributed by atoms with E-state index in [0.29, 0.717) is 50.2 Å². The summed E-state index contributed by atoms with van der Waals surface area (Å²) in [6, 6.07) is 30.8. The van der Waals surface area contributed by atoms with Crippen LogP contribution in [0.5, 0.6) is 11.5 Å². The van der Waals surface area contributed by atoms with Crippen LogP contribution in [-0.2, 0) is 19.2 Å². The second-order valence-electron chi connectivity index (χ2n) is 19.0. The summed E-state index contributed by atoms with van der Waals surface area (Å²) in [7, 11) is 0. The van der Waals surface area contributed by atoms with Gasteiger partial charge in [-0.2, -0.15) is 0 Å². The Kier molecular flexibility index (Phi) is 18.9. The third kappa shape index (κ3) is 14.3. The number of nitrogens with one attached hydrogen (secondary N) is 2. The number of nitrogens with zero attached hydrogens (tertiary/aromatic N) is 2. The number of aromatic nitrogens is 2. The van der Waals surface area contributed by atoms with E-state index in [1.54, 1.807) is 0 Å². The number of likely N-dealkylation sites (tertiary alicyclic amines) is 2. The molecule has 18 heteroatoms. The van der Waals surface area contributed by atoms with Gasteiger partial charge in [-0.25, -0.2) is 19.2 Å². The minimum Gasteiger partial charge on any atom is -0.490 e. The number of H-pyrrole nitrogens is 2. The summed E-state index contributed by atoms with van der Waals surface area (Å²) in [5, 5.41) is 60.3. The number of rotatable bonds is 12. The van der Waals surface area contributed by atoms with Gasteiger partial charge in [0.2, 0.25) is 0 Å². The molecule has 4 aromatic carbocycles. The number of fused-ring (bicyclic) bond motifs is 4. The van der Waals surface area contributed by atoms with Crippen molar-refractivity contribution in [2.75, 3.05) is 39.4 Å². The van der Waals surface area contributed by atoms with Gasteiger partial charge in [0.15, 0.2) is 0 Å². The van der Waals surface area contributed by atoms with Crippen LogP contribution in [0.2, 0.25) is 0 Å². The van der Waals surface area contributed by atoms with Gasteiger partial charge in [-0.05, 0) is 183 Å². The van der Waals surface area contributed by atoms with Crippen LogP contribution in [-0.4, -0.2) is 138 Å². The van der Waals surface area contributed by atoms with E-state index in [0.717, 1.165) is 72.1 Å². The number of aliphatic carboxylic acids is 4. The maximum Gasteiger partial charge on any atom is 0.414 e. The molecule has 392 valence electrons. The molecule has 8 aromatic rings. The first-order valence-corrected chi connectivity index (χ1v) is 26.3. The number of hydrogen-bond acceptors (Lipinski definition) is 12. The third-order valence-corrected chi connectivity index (χ3v) is 15.9. The van der Waals surface area contributed by atoms with Crippen molar-refractivity contribution < 1.29 is 59.3 Å². The molecule has 4 aromatic heterocycles. The predicted molar refractivity (Wildman–Crippen MR) is 289 cm³/mol. The van der Waals surface area contributed by atoms with E-state index < -0.39 is 36.1 Å². The molecule has 0 aliphatic carbocycles. The van der Waals surface area contributed by atoms with Crippen molar-refractivity contribution in [3.8, 4) is 11.5 Å². The maximum atomic E-state index is 10.6. The van der Waals surface area contributed by atoms with Gasteiger partial charge in [0.05, 0.1) is 0 Å². The minimum absolute atomic E-state index is 0.311.